The quantitative estimate of drug-likeness (QED) is 0.0912. The van der Waals surface area contributed by atoms with Crippen LogP contribution in [-0.2, 0) is 5.41 Å². The highest BCUT2D eigenvalue weighted by Gasteiger charge is 2.22. The van der Waals surface area contributed by atoms with Crippen molar-refractivity contribution in [2.75, 3.05) is 23.5 Å². The van der Waals surface area contributed by atoms with E-state index in [4.69, 9.17) is 45.6 Å². The molecule has 0 bridgehead atoms. The summed E-state index contributed by atoms with van der Waals surface area (Å²) in [4.78, 5) is 33.9. The second kappa shape index (κ2) is 24.8. The molecule has 2 aromatic heterocycles. The summed E-state index contributed by atoms with van der Waals surface area (Å²) in [5.74, 6) is 3.04. The van der Waals surface area contributed by atoms with Gasteiger partial charge < -0.3 is 36.2 Å². The molecule has 3 aromatic carbocycles. The van der Waals surface area contributed by atoms with Gasteiger partial charge in [0.15, 0.2) is 0 Å². The molecule has 55 heavy (non-hydrogen) atoms. The topological polar surface area (TPSA) is 222 Å². The number of nitrogens with one attached hydrogen (secondary N) is 2. The molecule has 14 heteroatoms. The number of methoxy groups -OCH3 is 1. The monoisotopic (exact) mass is 762 g/mol. The van der Waals surface area contributed by atoms with Crippen molar-refractivity contribution in [3.63, 3.8) is 0 Å². The number of nitrogens with zero attached hydrogens (tertiary/aromatic N) is 3. The first-order valence-electron chi connectivity index (χ1n) is 17.4. The highest BCUT2D eigenvalue weighted by Crippen LogP contribution is 2.32. The zero-order valence-corrected chi connectivity index (χ0v) is 33.7. The Morgan fingerprint density at radius 2 is 1.27 bits per heavy atom. The molecule has 0 aliphatic heterocycles. The van der Waals surface area contributed by atoms with Gasteiger partial charge in [0.05, 0.1) is 29.9 Å². The van der Waals surface area contributed by atoms with Gasteiger partial charge in [0.25, 0.3) is 0 Å². The Hall–Kier alpha value is -6.31. The van der Waals surface area contributed by atoms with Crippen LogP contribution in [0.2, 0.25) is 0 Å². The summed E-state index contributed by atoms with van der Waals surface area (Å²) in [5, 5.41) is 40.5. The number of anilines is 3. The lowest BCUT2D eigenvalue weighted by Crippen LogP contribution is -2.21. The Morgan fingerprint density at radius 1 is 0.764 bits per heavy atom. The largest absolute Gasteiger partial charge is 0.503 e. The van der Waals surface area contributed by atoms with Gasteiger partial charge in [-0.2, -0.15) is 5.10 Å². The van der Waals surface area contributed by atoms with Gasteiger partial charge in [0.1, 0.15) is 11.6 Å². The van der Waals surface area contributed by atoms with E-state index in [1.807, 2.05) is 73.7 Å². The summed E-state index contributed by atoms with van der Waals surface area (Å²) in [6, 6.07) is 24.7. The number of aryl methyl sites for hydroxylation is 1. The summed E-state index contributed by atoms with van der Waals surface area (Å²) in [7, 11) is 1.64. The molecule has 2 amide bonds. The van der Waals surface area contributed by atoms with Crippen molar-refractivity contribution in [1.29, 1.82) is 0 Å². The van der Waals surface area contributed by atoms with Gasteiger partial charge in [0, 0.05) is 34.6 Å². The van der Waals surface area contributed by atoms with Crippen LogP contribution in [0.3, 0.4) is 0 Å². The number of nitrogen functional groups attached to an aromatic ring is 1. The predicted octanol–water partition coefficient (Wildman–Crippen LogP) is 10.7. The normalized spacial score (nSPS) is 9.91. The number of amides is 2. The van der Waals surface area contributed by atoms with E-state index in [1.54, 1.807) is 36.3 Å². The molecule has 300 valence electrons. The summed E-state index contributed by atoms with van der Waals surface area (Å²) in [6.07, 6.45) is -0.365. The molecule has 5 aromatic rings. The van der Waals surface area contributed by atoms with E-state index in [9.17, 15) is 4.79 Å². The minimum atomic E-state index is -1.83. The lowest BCUT2D eigenvalue weighted by molar-refractivity contribution is 0.135. The lowest BCUT2D eigenvalue weighted by atomic mass is 9.92. The van der Waals surface area contributed by atoms with E-state index in [2.05, 4.69) is 77.9 Å². The van der Waals surface area contributed by atoms with E-state index in [0.717, 1.165) is 45.3 Å². The molecule has 0 saturated carbocycles. The molecule has 0 radical (unpaired) electrons. The van der Waals surface area contributed by atoms with E-state index in [0.29, 0.717) is 17.2 Å². The molecule has 0 fully saturated rings. The van der Waals surface area contributed by atoms with Gasteiger partial charge in [-0.25, -0.2) is 19.1 Å². The molecule has 2 heterocycles. The van der Waals surface area contributed by atoms with Crippen LogP contribution in [0.15, 0.2) is 91.3 Å². The maximum absolute atomic E-state index is 13.0. The van der Waals surface area contributed by atoms with Crippen LogP contribution in [0.5, 0.6) is 5.75 Å². The zero-order valence-electron chi connectivity index (χ0n) is 33.7. The van der Waals surface area contributed by atoms with Crippen LogP contribution in [0.1, 0.15) is 73.6 Å². The van der Waals surface area contributed by atoms with E-state index < -0.39 is 12.3 Å². The summed E-state index contributed by atoms with van der Waals surface area (Å²) in [6.45, 7) is 21.3. The predicted molar refractivity (Wildman–Crippen MR) is 221 cm³/mol. The van der Waals surface area contributed by atoms with Gasteiger partial charge in [-0.15, -0.1) is 0 Å². The number of carbonyl (C=O) groups excluding carboxylic acids is 1. The molecule has 8 N–H and O–H groups in total. The first-order chi connectivity index (χ1) is 25.6. The number of hydrogen-bond acceptors (Lipinski definition) is 7. The number of nitrogens with two attached hydrogens (primary N) is 1. The number of urea groups is 1. The molecule has 0 spiro atoms. The van der Waals surface area contributed by atoms with Crippen molar-refractivity contribution < 1.29 is 39.5 Å². The average Bonchev–Trinajstić information content (AvgIpc) is 3.49. The second-order valence-electron chi connectivity index (χ2n) is 14.2. The van der Waals surface area contributed by atoms with Gasteiger partial charge in [0.2, 0.25) is 0 Å². The Bertz CT molecular complexity index is 1840. The fourth-order valence-electron chi connectivity index (χ4n) is 3.92. The second-order valence-corrected chi connectivity index (χ2v) is 14.2. The highest BCUT2D eigenvalue weighted by atomic mass is 16.6. The number of carboxylic acid groups (broad SMARTS) is 4. The Labute approximate surface area is 324 Å². The molecule has 0 aliphatic rings. The van der Waals surface area contributed by atoms with Crippen LogP contribution in [-0.4, -0.2) is 60.6 Å². The van der Waals surface area contributed by atoms with Crippen LogP contribution < -0.4 is 21.1 Å². The van der Waals surface area contributed by atoms with Crippen molar-refractivity contribution in [2.24, 2.45) is 11.8 Å². The fraction of sp³-hybridized carbons (Fsp3) is 0.341. The number of aromatic nitrogens is 3. The minimum absolute atomic E-state index is 0.158. The molecule has 0 saturated heterocycles. The standard InChI is InChI=1S/C26H28N4O2.C5H6N2.2C4H10.2CH2O3/c1-17-10-12-18(13-11-17)30-24(16-23(29-30)26(2,3)4)28-25(31)27-21-14-15-22(32-5)20-9-7-6-8-19(20)21;6-5-2-1-3-7-4-5;2*1-4(2)3;2*2-1(3)4/h6-16H,1-5H3,(H2,27,28,31);1-4H,6H2;2*4H,1-3H3;2*(H2,2,3,4). The van der Waals surface area contributed by atoms with Gasteiger partial charge in [-0.3, -0.25) is 10.3 Å². The smallest absolute Gasteiger partial charge is 0.496 e. The van der Waals surface area contributed by atoms with E-state index >= 15 is 0 Å². The molecule has 0 aliphatic carbocycles. The van der Waals surface area contributed by atoms with Gasteiger partial charge in [-0.1, -0.05) is 104 Å². The van der Waals surface area contributed by atoms with Crippen molar-refractivity contribution in [1.82, 2.24) is 14.8 Å². The Balaban J connectivity index is 0.00000103. The molecular formula is C41H58N6O8. The lowest BCUT2D eigenvalue weighted by Gasteiger charge is -2.14. The minimum Gasteiger partial charge on any atom is -0.496 e. The molecule has 0 unspecified atom stereocenters. The number of rotatable bonds is 4. The summed E-state index contributed by atoms with van der Waals surface area (Å²) < 4.78 is 7.22. The van der Waals surface area contributed by atoms with Crippen molar-refractivity contribution >= 4 is 46.3 Å². The summed E-state index contributed by atoms with van der Waals surface area (Å²) >= 11 is 0. The van der Waals surface area contributed by atoms with Crippen LogP contribution in [0.25, 0.3) is 16.5 Å². The van der Waals surface area contributed by atoms with Crippen molar-refractivity contribution in [2.45, 2.75) is 74.7 Å². The zero-order chi connectivity index (χ0) is 42.3. The number of carbonyl (C=O) groups is 3. The number of ether oxygens (including phenoxy) is 1. The van der Waals surface area contributed by atoms with Crippen molar-refractivity contribution in [3.8, 4) is 11.4 Å². The maximum atomic E-state index is 13.0. The number of hydrogen-bond donors (Lipinski definition) is 7. The van der Waals surface area contributed by atoms with Gasteiger partial charge >= 0.3 is 18.3 Å². The van der Waals surface area contributed by atoms with E-state index in [-0.39, 0.29) is 11.4 Å². The third-order valence-corrected chi connectivity index (χ3v) is 6.03. The Morgan fingerprint density at radius 3 is 1.69 bits per heavy atom. The first kappa shape index (κ1) is 48.7. The average molecular weight is 763 g/mol. The molecule has 5 rings (SSSR count). The summed E-state index contributed by atoms with van der Waals surface area (Å²) in [5.41, 5.74) is 9.49. The molecular weight excluding hydrogens is 704 g/mol. The van der Waals surface area contributed by atoms with Crippen LogP contribution in [0.4, 0.5) is 31.6 Å². The third kappa shape index (κ3) is 21.7. The van der Waals surface area contributed by atoms with Crippen molar-refractivity contribution in [3.05, 3.63) is 103 Å². The third-order valence-electron chi connectivity index (χ3n) is 6.03. The fourth-order valence-corrected chi connectivity index (χ4v) is 3.92. The number of pyridine rings is 1. The van der Waals surface area contributed by atoms with Crippen LogP contribution in [0, 0.1) is 18.8 Å². The number of benzene rings is 3. The van der Waals surface area contributed by atoms with Crippen LogP contribution >= 0.6 is 0 Å². The maximum Gasteiger partial charge on any atom is 0.503 e. The molecule has 14 nitrogen and oxygen atoms in total. The number of fused-ring (bicyclic) bond motifs is 1. The SMILES string of the molecule is CC(C)C.CC(C)C.COc1ccc(NC(=O)Nc2cc(C(C)(C)C)nn2-c2ccc(C)cc2)c2ccccc12.Nc1cccnc1.O=C(O)O.O=C(O)O. The van der Waals surface area contributed by atoms with E-state index in [1.165, 1.54) is 0 Å². The first-order valence-corrected chi connectivity index (χ1v) is 17.4. The molecule has 0 atom stereocenters. The highest BCUT2D eigenvalue weighted by molar-refractivity contribution is 6.07. The Kier molecular flexibility index (Phi) is 22.0. The van der Waals surface area contributed by atoms with Gasteiger partial charge in [-0.05, 0) is 55.2 Å².